The highest BCUT2D eigenvalue weighted by Crippen LogP contribution is 2.18. The zero-order valence-corrected chi connectivity index (χ0v) is 11.4. The van der Waals surface area contributed by atoms with Gasteiger partial charge in [-0.1, -0.05) is 17.7 Å². The smallest absolute Gasteiger partial charge is 0.323 e. The lowest BCUT2D eigenvalue weighted by Crippen LogP contribution is -2.40. The molecule has 0 aliphatic rings. The third-order valence-corrected chi connectivity index (χ3v) is 2.85. The molecule has 4 nitrogen and oxygen atoms in total. The summed E-state index contributed by atoms with van der Waals surface area (Å²) >= 11 is 5.86. The van der Waals surface area contributed by atoms with E-state index in [-0.39, 0.29) is 18.5 Å². The average Bonchev–Trinajstić information content (AvgIpc) is 2.27. The first-order valence-corrected chi connectivity index (χ1v) is 5.99. The molecule has 0 bridgehead atoms. The van der Waals surface area contributed by atoms with Crippen molar-refractivity contribution < 1.29 is 14.7 Å². The van der Waals surface area contributed by atoms with Crippen LogP contribution in [-0.4, -0.2) is 34.5 Å². The molecule has 0 spiro atoms. The van der Waals surface area contributed by atoms with Gasteiger partial charge in [0.1, 0.15) is 6.54 Å². The molecule has 0 unspecified atom stereocenters. The lowest BCUT2D eigenvalue weighted by molar-refractivity contribution is -0.138. The summed E-state index contributed by atoms with van der Waals surface area (Å²) in [6, 6.07) is 4.82. The Bertz CT molecular complexity index is 471. The number of carbonyl (C=O) groups excluding carboxylic acids is 1. The molecular weight excluding hydrogens is 254 g/mol. The lowest BCUT2D eigenvalue weighted by Gasteiger charge is -2.25. The van der Waals surface area contributed by atoms with Gasteiger partial charge in [-0.05, 0) is 38.5 Å². The standard InChI is InChI=1S/C13H16ClNO3/c1-8(2)15(7-12(16)17)13(18)11-6-10(14)5-4-9(11)3/h4-6,8H,7H2,1-3H3,(H,16,17). The monoisotopic (exact) mass is 269 g/mol. The quantitative estimate of drug-likeness (QED) is 0.914. The summed E-state index contributed by atoms with van der Waals surface area (Å²) in [6.07, 6.45) is 0. The average molecular weight is 270 g/mol. The molecule has 1 aromatic rings. The predicted molar refractivity (Wildman–Crippen MR) is 70.0 cm³/mol. The van der Waals surface area contributed by atoms with Crippen LogP contribution in [0, 0.1) is 6.92 Å². The fourth-order valence-electron chi connectivity index (χ4n) is 1.61. The zero-order chi connectivity index (χ0) is 13.9. The number of aryl methyl sites for hydroxylation is 1. The number of carboxylic acids is 1. The molecule has 0 aromatic heterocycles. The maximum Gasteiger partial charge on any atom is 0.323 e. The second-order valence-corrected chi connectivity index (χ2v) is 4.82. The second-order valence-electron chi connectivity index (χ2n) is 4.38. The van der Waals surface area contributed by atoms with Crippen LogP contribution >= 0.6 is 11.6 Å². The molecule has 0 fully saturated rings. The van der Waals surface area contributed by atoms with Crippen molar-refractivity contribution in [2.75, 3.05) is 6.54 Å². The van der Waals surface area contributed by atoms with Crippen LogP contribution in [0.1, 0.15) is 29.8 Å². The highest BCUT2D eigenvalue weighted by Gasteiger charge is 2.22. The largest absolute Gasteiger partial charge is 0.480 e. The number of rotatable bonds is 4. The van der Waals surface area contributed by atoms with E-state index >= 15 is 0 Å². The Labute approximate surface area is 111 Å². The SMILES string of the molecule is Cc1ccc(Cl)cc1C(=O)N(CC(=O)O)C(C)C. The van der Waals surface area contributed by atoms with Crippen LogP contribution in [0.25, 0.3) is 0 Å². The molecule has 98 valence electrons. The van der Waals surface area contributed by atoms with Gasteiger partial charge in [-0.3, -0.25) is 9.59 Å². The van der Waals surface area contributed by atoms with E-state index in [9.17, 15) is 9.59 Å². The van der Waals surface area contributed by atoms with E-state index in [1.54, 1.807) is 39.0 Å². The Morgan fingerprint density at radius 1 is 1.39 bits per heavy atom. The molecule has 0 saturated carbocycles. The molecule has 1 N–H and O–H groups in total. The van der Waals surface area contributed by atoms with E-state index in [0.29, 0.717) is 10.6 Å². The van der Waals surface area contributed by atoms with Crippen LogP contribution in [0.15, 0.2) is 18.2 Å². The summed E-state index contributed by atoms with van der Waals surface area (Å²) in [6.45, 7) is 5.03. The molecule has 0 heterocycles. The number of nitrogens with zero attached hydrogens (tertiary/aromatic N) is 1. The molecule has 0 radical (unpaired) electrons. The van der Waals surface area contributed by atoms with Crippen LogP contribution in [0.3, 0.4) is 0 Å². The van der Waals surface area contributed by atoms with Gasteiger partial charge in [-0.25, -0.2) is 0 Å². The van der Waals surface area contributed by atoms with E-state index in [0.717, 1.165) is 5.56 Å². The highest BCUT2D eigenvalue weighted by atomic mass is 35.5. The summed E-state index contributed by atoms with van der Waals surface area (Å²) in [5.74, 6) is -1.34. The first-order chi connectivity index (χ1) is 8.32. The molecule has 0 atom stereocenters. The third kappa shape index (κ3) is 3.47. The van der Waals surface area contributed by atoms with Gasteiger partial charge < -0.3 is 10.0 Å². The number of carboxylic acid groups (broad SMARTS) is 1. The molecule has 0 saturated heterocycles. The van der Waals surface area contributed by atoms with Crippen LogP contribution in [0.4, 0.5) is 0 Å². The van der Waals surface area contributed by atoms with E-state index in [1.165, 1.54) is 4.90 Å². The van der Waals surface area contributed by atoms with Crippen molar-refractivity contribution in [1.82, 2.24) is 4.90 Å². The summed E-state index contributed by atoms with van der Waals surface area (Å²) in [5, 5.41) is 9.29. The van der Waals surface area contributed by atoms with Crippen molar-refractivity contribution in [2.24, 2.45) is 0 Å². The van der Waals surface area contributed by atoms with Crippen molar-refractivity contribution in [3.63, 3.8) is 0 Å². The van der Waals surface area contributed by atoms with E-state index in [1.807, 2.05) is 0 Å². The number of hydrogen-bond acceptors (Lipinski definition) is 2. The summed E-state index contributed by atoms with van der Waals surface area (Å²) in [7, 11) is 0. The topological polar surface area (TPSA) is 57.6 Å². The first-order valence-electron chi connectivity index (χ1n) is 5.62. The minimum atomic E-state index is -1.03. The minimum absolute atomic E-state index is 0.188. The number of aliphatic carboxylic acids is 1. The molecule has 1 amide bonds. The molecule has 1 aromatic carbocycles. The van der Waals surface area contributed by atoms with Gasteiger partial charge in [0.05, 0.1) is 0 Å². The Kier molecular flexibility index (Phi) is 4.73. The molecule has 0 aliphatic heterocycles. The van der Waals surface area contributed by atoms with E-state index < -0.39 is 5.97 Å². The molecular formula is C13H16ClNO3. The van der Waals surface area contributed by atoms with Crippen molar-refractivity contribution in [3.8, 4) is 0 Å². The Morgan fingerprint density at radius 3 is 2.50 bits per heavy atom. The number of halogens is 1. The van der Waals surface area contributed by atoms with Crippen molar-refractivity contribution in [3.05, 3.63) is 34.3 Å². The number of benzene rings is 1. The second kappa shape index (κ2) is 5.87. The Balaban J connectivity index is 3.09. The van der Waals surface area contributed by atoms with Crippen molar-refractivity contribution >= 4 is 23.5 Å². The van der Waals surface area contributed by atoms with Gasteiger partial charge in [-0.15, -0.1) is 0 Å². The van der Waals surface area contributed by atoms with Crippen LogP contribution in [-0.2, 0) is 4.79 Å². The fourth-order valence-corrected chi connectivity index (χ4v) is 1.79. The lowest BCUT2D eigenvalue weighted by atomic mass is 10.1. The zero-order valence-electron chi connectivity index (χ0n) is 10.6. The predicted octanol–water partition coefficient (Wildman–Crippen LogP) is 2.58. The summed E-state index contributed by atoms with van der Waals surface area (Å²) < 4.78 is 0. The van der Waals surface area contributed by atoms with Gasteiger partial charge in [-0.2, -0.15) is 0 Å². The molecule has 0 aliphatic carbocycles. The summed E-state index contributed by atoms with van der Waals surface area (Å²) in [5.41, 5.74) is 1.22. The Hall–Kier alpha value is -1.55. The van der Waals surface area contributed by atoms with Gasteiger partial charge in [0.15, 0.2) is 0 Å². The first kappa shape index (κ1) is 14.5. The summed E-state index contributed by atoms with van der Waals surface area (Å²) in [4.78, 5) is 24.4. The molecule has 5 heteroatoms. The van der Waals surface area contributed by atoms with Gasteiger partial charge >= 0.3 is 5.97 Å². The maximum absolute atomic E-state index is 12.3. The number of amides is 1. The maximum atomic E-state index is 12.3. The normalized spacial score (nSPS) is 10.5. The van der Waals surface area contributed by atoms with Gasteiger partial charge in [0.2, 0.25) is 0 Å². The Morgan fingerprint density at radius 2 is 2.00 bits per heavy atom. The molecule has 1 rings (SSSR count). The van der Waals surface area contributed by atoms with Crippen molar-refractivity contribution in [1.29, 1.82) is 0 Å². The highest BCUT2D eigenvalue weighted by molar-refractivity contribution is 6.31. The minimum Gasteiger partial charge on any atom is -0.480 e. The number of hydrogen-bond donors (Lipinski definition) is 1. The van der Waals surface area contributed by atoms with Crippen LogP contribution < -0.4 is 0 Å². The van der Waals surface area contributed by atoms with E-state index in [2.05, 4.69) is 0 Å². The van der Waals surface area contributed by atoms with Crippen LogP contribution in [0.5, 0.6) is 0 Å². The van der Waals surface area contributed by atoms with Crippen molar-refractivity contribution in [2.45, 2.75) is 26.8 Å². The third-order valence-electron chi connectivity index (χ3n) is 2.62. The van der Waals surface area contributed by atoms with Crippen LogP contribution in [0.2, 0.25) is 5.02 Å². The molecule has 18 heavy (non-hydrogen) atoms. The van der Waals surface area contributed by atoms with E-state index in [4.69, 9.17) is 16.7 Å². The van der Waals surface area contributed by atoms with Gasteiger partial charge in [0, 0.05) is 16.6 Å². The number of carbonyl (C=O) groups is 2. The fraction of sp³-hybridized carbons (Fsp3) is 0.385. The van der Waals surface area contributed by atoms with Gasteiger partial charge in [0.25, 0.3) is 5.91 Å².